The molecule has 1 aromatic rings. The summed E-state index contributed by atoms with van der Waals surface area (Å²) in [5.74, 6) is 0.139. The number of carbonyl (C=O) groups is 1. The molecular formula is C17H21F2NO3. The summed E-state index contributed by atoms with van der Waals surface area (Å²) in [5.41, 5.74) is 1.27. The van der Waals surface area contributed by atoms with E-state index in [2.05, 4.69) is 0 Å². The first-order valence-corrected chi connectivity index (χ1v) is 7.54. The molecule has 1 atom stereocenters. The molecule has 4 nitrogen and oxygen atoms in total. The van der Waals surface area contributed by atoms with Crippen molar-refractivity contribution in [3.8, 4) is 5.75 Å². The van der Waals surface area contributed by atoms with Gasteiger partial charge in [0.05, 0.1) is 13.2 Å². The van der Waals surface area contributed by atoms with Gasteiger partial charge in [0, 0.05) is 18.7 Å². The van der Waals surface area contributed by atoms with Crippen LogP contribution in [0.4, 0.5) is 8.78 Å². The van der Waals surface area contributed by atoms with Crippen molar-refractivity contribution < 1.29 is 23.0 Å². The number of carbonyl (C=O) groups excluding carboxylic acids is 1. The van der Waals surface area contributed by atoms with Gasteiger partial charge >= 0.3 is 0 Å². The third kappa shape index (κ3) is 4.51. The third-order valence-electron chi connectivity index (χ3n) is 3.67. The molecule has 0 bridgehead atoms. The molecule has 1 aliphatic rings. The lowest BCUT2D eigenvalue weighted by molar-refractivity contribution is -0.133. The van der Waals surface area contributed by atoms with Gasteiger partial charge in [0.2, 0.25) is 5.91 Å². The number of allylic oxidation sites excluding steroid dienone is 1. The van der Waals surface area contributed by atoms with Crippen molar-refractivity contribution in [1.82, 2.24) is 4.90 Å². The van der Waals surface area contributed by atoms with Crippen LogP contribution in [0.15, 0.2) is 30.3 Å². The van der Waals surface area contributed by atoms with Gasteiger partial charge < -0.3 is 14.4 Å². The molecule has 0 saturated heterocycles. The van der Waals surface area contributed by atoms with Crippen molar-refractivity contribution in [2.75, 3.05) is 26.9 Å². The highest BCUT2D eigenvalue weighted by Crippen LogP contribution is 2.30. The SMILES string of the molecule is COCCOc1ccc(C2=CCC(C)C(=O)N2CC(F)F)cc1. The van der Waals surface area contributed by atoms with E-state index < -0.39 is 13.0 Å². The van der Waals surface area contributed by atoms with E-state index in [9.17, 15) is 13.6 Å². The average Bonchev–Trinajstić information content (AvgIpc) is 2.53. The van der Waals surface area contributed by atoms with Crippen LogP contribution in [-0.4, -0.2) is 44.1 Å². The standard InChI is InChI=1S/C17H21F2NO3/c1-12-3-8-15(20(17(12)21)11-16(18)19)13-4-6-14(7-5-13)23-10-9-22-2/h4-8,12,16H,3,9-11H2,1-2H3. The number of amides is 1. The molecule has 6 heteroatoms. The van der Waals surface area contributed by atoms with Gasteiger partial charge in [0.25, 0.3) is 6.43 Å². The highest BCUT2D eigenvalue weighted by Gasteiger charge is 2.30. The van der Waals surface area contributed by atoms with Crippen molar-refractivity contribution in [2.45, 2.75) is 19.8 Å². The number of halogens is 2. The number of hydrogen-bond donors (Lipinski definition) is 0. The molecule has 23 heavy (non-hydrogen) atoms. The summed E-state index contributed by atoms with van der Waals surface area (Å²) in [5, 5.41) is 0. The first-order valence-electron chi connectivity index (χ1n) is 7.54. The molecule has 0 radical (unpaired) electrons. The summed E-state index contributed by atoms with van der Waals surface area (Å²) >= 11 is 0. The highest BCUT2D eigenvalue weighted by molar-refractivity contribution is 5.90. The number of nitrogens with zero attached hydrogens (tertiary/aromatic N) is 1. The topological polar surface area (TPSA) is 38.8 Å². The Labute approximate surface area is 134 Å². The zero-order valence-electron chi connectivity index (χ0n) is 13.3. The van der Waals surface area contributed by atoms with Crippen LogP contribution in [0.5, 0.6) is 5.75 Å². The van der Waals surface area contributed by atoms with Gasteiger partial charge in [-0.2, -0.15) is 0 Å². The second-order valence-corrected chi connectivity index (χ2v) is 5.43. The number of benzene rings is 1. The van der Waals surface area contributed by atoms with E-state index in [1.54, 1.807) is 38.3 Å². The normalized spacial score (nSPS) is 18.3. The van der Waals surface area contributed by atoms with E-state index >= 15 is 0 Å². The Morgan fingerprint density at radius 3 is 2.57 bits per heavy atom. The first kappa shape index (κ1) is 17.4. The molecule has 1 aromatic carbocycles. The van der Waals surface area contributed by atoms with E-state index in [1.165, 1.54) is 4.90 Å². The minimum atomic E-state index is -2.57. The van der Waals surface area contributed by atoms with Crippen LogP contribution in [0.3, 0.4) is 0 Å². The van der Waals surface area contributed by atoms with Crippen molar-refractivity contribution in [1.29, 1.82) is 0 Å². The van der Waals surface area contributed by atoms with E-state index in [0.717, 1.165) is 5.56 Å². The van der Waals surface area contributed by atoms with Gasteiger partial charge in [-0.15, -0.1) is 0 Å². The summed E-state index contributed by atoms with van der Waals surface area (Å²) in [6, 6.07) is 7.06. The van der Waals surface area contributed by atoms with Crippen LogP contribution < -0.4 is 4.74 Å². The van der Waals surface area contributed by atoms with Gasteiger partial charge in [0.1, 0.15) is 12.4 Å². The van der Waals surface area contributed by atoms with E-state index in [-0.39, 0.29) is 11.8 Å². The third-order valence-corrected chi connectivity index (χ3v) is 3.67. The summed E-state index contributed by atoms with van der Waals surface area (Å²) in [4.78, 5) is 13.4. The zero-order valence-corrected chi connectivity index (χ0v) is 13.3. The molecule has 2 rings (SSSR count). The second-order valence-electron chi connectivity index (χ2n) is 5.43. The van der Waals surface area contributed by atoms with E-state index in [0.29, 0.717) is 31.1 Å². The molecular weight excluding hydrogens is 304 g/mol. The fourth-order valence-electron chi connectivity index (χ4n) is 2.45. The predicted molar refractivity (Wildman–Crippen MR) is 83.3 cm³/mol. The van der Waals surface area contributed by atoms with Crippen molar-refractivity contribution in [2.24, 2.45) is 5.92 Å². The Hall–Kier alpha value is -1.95. The second kappa shape index (κ2) is 8.06. The molecule has 1 heterocycles. The average molecular weight is 325 g/mol. The summed E-state index contributed by atoms with van der Waals surface area (Å²) < 4.78 is 36.0. The minimum Gasteiger partial charge on any atom is -0.491 e. The maximum absolute atomic E-state index is 12.8. The van der Waals surface area contributed by atoms with E-state index in [4.69, 9.17) is 9.47 Å². The smallest absolute Gasteiger partial charge is 0.256 e. The quantitative estimate of drug-likeness (QED) is 0.723. The fourth-order valence-corrected chi connectivity index (χ4v) is 2.45. The van der Waals surface area contributed by atoms with E-state index in [1.807, 2.05) is 6.08 Å². The van der Waals surface area contributed by atoms with Gasteiger partial charge in [-0.1, -0.05) is 13.0 Å². The van der Waals surface area contributed by atoms with Gasteiger partial charge in [-0.3, -0.25) is 4.79 Å². The highest BCUT2D eigenvalue weighted by atomic mass is 19.3. The fraction of sp³-hybridized carbons (Fsp3) is 0.471. The van der Waals surface area contributed by atoms with Crippen LogP contribution in [0.25, 0.3) is 5.70 Å². The first-order chi connectivity index (χ1) is 11.0. The monoisotopic (exact) mass is 325 g/mol. The Morgan fingerprint density at radius 1 is 1.26 bits per heavy atom. The largest absolute Gasteiger partial charge is 0.491 e. The van der Waals surface area contributed by atoms with Crippen LogP contribution in [0.1, 0.15) is 18.9 Å². The molecule has 0 aromatic heterocycles. The van der Waals surface area contributed by atoms with Crippen LogP contribution >= 0.6 is 0 Å². The summed E-state index contributed by atoms with van der Waals surface area (Å²) in [6.45, 7) is 2.09. The van der Waals surface area contributed by atoms with Crippen LogP contribution in [0, 0.1) is 5.92 Å². The molecule has 1 aliphatic heterocycles. The number of ether oxygens (including phenoxy) is 2. The molecule has 1 unspecified atom stereocenters. The Bertz CT molecular complexity index is 557. The number of rotatable bonds is 7. The Morgan fingerprint density at radius 2 is 1.96 bits per heavy atom. The number of hydrogen-bond acceptors (Lipinski definition) is 3. The maximum Gasteiger partial charge on any atom is 0.256 e. The lowest BCUT2D eigenvalue weighted by atomic mass is 9.97. The molecule has 126 valence electrons. The summed E-state index contributed by atoms with van der Waals surface area (Å²) in [6.07, 6.45) is -0.167. The molecule has 0 aliphatic carbocycles. The predicted octanol–water partition coefficient (Wildman–Crippen LogP) is 3.19. The van der Waals surface area contributed by atoms with Crippen LogP contribution in [0.2, 0.25) is 0 Å². The minimum absolute atomic E-state index is 0.261. The van der Waals surface area contributed by atoms with Crippen molar-refractivity contribution in [3.63, 3.8) is 0 Å². The molecule has 1 amide bonds. The van der Waals surface area contributed by atoms with Crippen molar-refractivity contribution in [3.05, 3.63) is 35.9 Å². The molecule has 0 fully saturated rings. The van der Waals surface area contributed by atoms with Gasteiger partial charge in [0.15, 0.2) is 0 Å². The Kier molecular flexibility index (Phi) is 6.10. The maximum atomic E-state index is 12.8. The summed E-state index contributed by atoms with van der Waals surface area (Å²) in [7, 11) is 1.59. The lowest BCUT2D eigenvalue weighted by Crippen LogP contribution is -2.39. The molecule has 0 N–H and O–H groups in total. The molecule has 0 saturated carbocycles. The zero-order chi connectivity index (χ0) is 16.8. The van der Waals surface area contributed by atoms with Gasteiger partial charge in [-0.25, -0.2) is 8.78 Å². The lowest BCUT2D eigenvalue weighted by Gasteiger charge is -2.31. The van der Waals surface area contributed by atoms with Crippen molar-refractivity contribution >= 4 is 11.6 Å². The van der Waals surface area contributed by atoms with Gasteiger partial charge in [-0.05, 0) is 36.2 Å². The Balaban J connectivity index is 2.15. The number of methoxy groups -OCH3 is 1. The number of alkyl halides is 2. The van der Waals surface area contributed by atoms with Crippen LogP contribution in [-0.2, 0) is 9.53 Å². The molecule has 0 spiro atoms.